The Hall–Kier alpha value is -3.20. The van der Waals surface area contributed by atoms with E-state index in [0.717, 1.165) is 18.1 Å². The van der Waals surface area contributed by atoms with Gasteiger partial charge < -0.3 is 5.32 Å². The van der Waals surface area contributed by atoms with E-state index in [1.807, 2.05) is 19.1 Å². The third kappa shape index (κ3) is 4.18. The average Bonchev–Trinajstić information content (AvgIpc) is 3.10. The van der Waals surface area contributed by atoms with Gasteiger partial charge >= 0.3 is 6.18 Å². The van der Waals surface area contributed by atoms with Gasteiger partial charge in [0.2, 0.25) is 0 Å². The Morgan fingerprint density at radius 2 is 1.77 bits per heavy atom. The van der Waals surface area contributed by atoms with Crippen LogP contribution in [-0.4, -0.2) is 20.5 Å². The Balaban J connectivity index is 1.80. The molecule has 0 atom stereocenters. The van der Waals surface area contributed by atoms with Crippen molar-refractivity contribution in [2.75, 3.05) is 5.32 Å². The van der Waals surface area contributed by atoms with E-state index < -0.39 is 17.8 Å². The number of alkyl halides is 3. The molecule has 0 fully saturated rings. The number of aryl methyl sites for hydroxylation is 1. The van der Waals surface area contributed by atoms with Gasteiger partial charge in [-0.2, -0.15) is 18.3 Å². The number of amides is 1. The summed E-state index contributed by atoms with van der Waals surface area (Å²) in [4.78, 5) is 17.1. The van der Waals surface area contributed by atoms with Crippen molar-refractivity contribution in [1.82, 2.24) is 14.6 Å². The van der Waals surface area contributed by atoms with Crippen molar-refractivity contribution in [3.05, 3.63) is 82.1 Å². The minimum Gasteiger partial charge on any atom is -0.321 e. The Labute approximate surface area is 184 Å². The Kier molecular flexibility index (Phi) is 5.53. The van der Waals surface area contributed by atoms with E-state index in [-0.39, 0.29) is 21.5 Å². The summed E-state index contributed by atoms with van der Waals surface area (Å²) in [6.07, 6.45) is -3.85. The second-order valence-corrected chi connectivity index (χ2v) is 7.59. The highest BCUT2D eigenvalue weighted by Crippen LogP contribution is 2.34. The highest BCUT2D eigenvalue weighted by molar-refractivity contribution is 9.10. The van der Waals surface area contributed by atoms with Crippen LogP contribution in [0.1, 0.15) is 28.7 Å². The van der Waals surface area contributed by atoms with Gasteiger partial charge in [-0.05, 0) is 46.1 Å². The monoisotopic (exact) mass is 488 g/mol. The molecule has 4 aromatic rings. The average molecular weight is 489 g/mol. The van der Waals surface area contributed by atoms with E-state index in [0.29, 0.717) is 15.8 Å². The molecule has 0 radical (unpaired) electrons. The lowest BCUT2D eigenvalue weighted by Crippen LogP contribution is -2.15. The molecule has 2 aromatic heterocycles. The molecule has 5 nitrogen and oxygen atoms in total. The maximum atomic E-state index is 13.8. The molecule has 0 spiro atoms. The number of fused-ring (bicyclic) bond motifs is 1. The number of carbonyl (C=O) groups is 1. The van der Waals surface area contributed by atoms with Crippen molar-refractivity contribution >= 4 is 33.2 Å². The molecule has 2 aromatic carbocycles. The number of carbonyl (C=O) groups excluding carboxylic acids is 1. The predicted octanol–water partition coefficient (Wildman–Crippen LogP) is 5.99. The number of benzene rings is 2. The molecule has 0 unspecified atom stereocenters. The zero-order valence-corrected chi connectivity index (χ0v) is 17.8. The normalized spacial score (nSPS) is 11.6. The van der Waals surface area contributed by atoms with E-state index >= 15 is 0 Å². The number of nitrogens with one attached hydrogen (secondary N) is 1. The number of hydrogen-bond acceptors (Lipinski definition) is 3. The van der Waals surface area contributed by atoms with E-state index in [1.165, 1.54) is 0 Å². The minimum absolute atomic E-state index is 0.0819. The highest BCUT2D eigenvalue weighted by atomic mass is 79.9. The lowest BCUT2D eigenvalue weighted by molar-refractivity contribution is -0.142. The molecule has 1 amide bonds. The third-order valence-electron chi connectivity index (χ3n) is 4.73. The topological polar surface area (TPSA) is 59.3 Å². The van der Waals surface area contributed by atoms with Crippen LogP contribution in [0.15, 0.2) is 65.1 Å². The number of halogens is 4. The van der Waals surface area contributed by atoms with Gasteiger partial charge in [0, 0.05) is 11.3 Å². The molecule has 0 aliphatic carbocycles. The standard InChI is InChI=1S/C22H16BrF3N4O/c1-2-13-8-10-15(11-9-13)27-21(31)19-18(23)20-28-16(14-6-4-3-5-7-14)12-17(22(24,25)26)30(20)29-19/h3-12H,2H2,1H3,(H,27,31). The van der Waals surface area contributed by atoms with Crippen LogP contribution >= 0.6 is 15.9 Å². The number of hydrogen-bond donors (Lipinski definition) is 1. The van der Waals surface area contributed by atoms with Crippen LogP contribution in [-0.2, 0) is 12.6 Å². The quantitative estimate of drug-likeness (QED) is 0.383. The van der Waals surface area contributed by atoms with Gasteiger partial charge in [0.15, 0.2) is 17.0 Å². The lowest BCUT2D eigenvalue weighted by Gasteiger charge is -2.11. The molecule has 158 valence electrons. The van der Waals surface area contributed by atoms with Crippen molar-refractivity contribution in [3.8, 4) is 11.3 Å². The Bertz CT molecular complexity index is 1250. The summed E-state index contributed by atoms with van der Waals surface area (Å²) in [5, 5.41) is 6.58. The van der Waals surface area contributed by atoms with Gasteiger partial charge in [-0.3, -0.25) is 4.79 Å². The zero-order chi connectivity index (χ0) is 22.2. The van der Waals surface area contributed by atoms with Crippen LogP contribution in [0.4, 0.5) is 18.9 Å². The number of anilines is 1. The summed E-state index contributed by atoms with van der Waals surface area (Å²) in [5.41, 5.74) is 0.944. The van der Waals surface area contributed by atoms with E-state index in [9.17, 15) is 18.0 Å². The van der Waals surface area contributed by atoms with Crippen molar-refractivity contribution < 1.29 is 18.0 Å². The lowest BCUT2D eigenvalue weighted by atomic mass is 10.1. The summed E-state index contributed by atoms with van der Waals surface area (Å²) in [7, 11) is 0. The largest absolute Gasteiger partial charge is 0.433 e. The van der Waals surface area contributed by atoms with Gasteiger partial charge in [-0.25, -0.2) is 9.50 Å². The fourth-order valence-corrected chi connectivity index (χ4v) is 3.63. The molecule has 0 bridgehead atoms. The molecule has 0 saturated carbocycles. The van der Waals surface area contributed by atoms with E-state index in [4.69, 9.17) is 0 Å². The maximum Gasteiger partial charge on any atom is 0.433 e. The first-order valence-electron chi connectivity index (χ1n) is 9.40. The summed E-state index contributed by atoms with van der Waals surface area (Å²) in [5.74, 6) is -0.643. The predicted molar refractivity (Wildman–Crippen MR) is 115 cm³/mol. The van der Waals surface area contributed by atoms with Gasteiger partial charge in [-0.1, -0.05) is 49.4 Å². The maximum absolute atomic E-state index is 13.8. The van der Waals surface area contributed by atoms with Crippen LogP contribution in [0.3, 0.4) is 0 Å². The van der Waals surface area contributed by atoms with Gasteiger partial charge in [0.05, 0.1) is 10.2 Å². The molecule has 4 rings (SSSR count). The van der Waals surface area contributed by atoms with Crippen LogP contribution in [0.2, 0.25) is 0 Å². The van der Waals surface area contributed by atoms with Gasteiger partial charge in [0.1, 0.15) is 0 Å². The first kappa shape index (κ1) is 21.0. The molecule has 9 heteroatoms. The fourth-order valence-electron chi connectivity index (χ4n) is 3.11. The zero-order valence-electron chi connectivity index (χ0n) is 16.2. The molecule has 31 heavy (non-hydrogen) atoms. The highest BCUT2D eigenvalue weighted by Gasteiger charge is 2.36. The number of nitrogens with zero attached hydrogens (tertiary/aromatic N) is 3. The van der Waals surface area contributed by atoms with Gasteiger partial charge in [-0.15, -0.1) is 0 Å². The molecular weight excluding hydrogens is 473 g/mol. The molecule has 0 aliphatic heterocycles. The van der Waals surface area contributed by atoms with Crippen molar-refractivity contribution in [2.45, 2.75) is 19.5 Å². The first-order chi connectivity index (χ1) is 14.8. The minimum atomic E-state index is -4.69. The first-order valence-corrected chi connectivity index (χ1v) is 10.2. The smallest absolute Gasteiger partial charge is 0.321 e. The molecule has 0 aliphatic rings. The molecular formula is C22H16BrF3N4O. The molecule has 1 N–H and O–H groups in total. The second kappa shape index (κ2) is 8.14. The van der Waals surface area contributed by atoms with Crippen molar-refractivity contribution in [1.29, 1.82) is 0 Å². The molecule has 0 saturated heterocycles. The van der Waals surface area contributed by atoms with Crippen molar-refractivity contribution in [2.24, 2.45) is 0 Å². The molecule has 2 heterocycles. The third-order valence-corrected chi connectivity index (χ3v) is 5.46. The fraction of sp³-hybridized carbons (Fsp3) is 0.136. The van der Waals surface area contributed by atoms with Gasteiger partial charge in [0.25, 0.3) is 5.91 Å². The van der Waals surface area contributed by atoms with E-state index in [1.54, 1.807) is 42.5 Å². The number of aromatic nitrogens is 3. The SMILES string of the molecule is CCc1ccc(NC(=O)c2nn3c(C(F)(F)F)cc(-c4ccccc4)nc3c2Br)cc1. The van der Waals surface area contributed by atoms with Crippen LogP contribution < -0.4 is 5.32 Å². The summed E-state index contributed by atoms with van der Waals surface area (Å²) in [6, 6.07) is 16.6. The number of rotatable bonds is 4. The Morgan fingerprint density at radius 1 is 1.10 bits per heavy atom. The van der Waals surface area contributed by atoms with E-state index in [2.05, 4.69) is 31.3 Å². The summed E-state index contributed by atoms with van der Waals surface area (Å²) in [6.45, 7) is 2.01. The summed E-state index contributed by atoms with van der Waals surface area (Å²) < 4.78 is 42.0. The van der Waals surface area contributed by atoms with Crippen LogP contribution in [0.5, 0.6) is 0 Å². The van der Waals surface area contributed by atoms with Crippen LogP contribution in [0.25, 0.3) is 16.9 Å². The van der Waals surface area contributed by atoms with Crippen LogP contribution in [0, 0.1) is 0 Å². The Morgan fingerprint density at radius 3 is 2.39 bits per heavy atom. The van der Waals surface area contributed by atoms with Crippen molar-refractivity contribution in [3.63, 3.8) is 0 Å². The second-order valence-electron chi connectivity index (χ2n) is 6.79. The summed E-state index contributed by atoms with van der Waals surface area (Å²) >= 11 is 3.22.